The van der Waals surface area contributed by atoms with Gasteiger partial charge in [0.05, 0.1) is 12.7 Å². The highest BCUT2D eigenvalue weighted by atomic mass is 16.5. The van der Waals surface area contributed by atoms with Crippen LogP contribution in [-0.4, -0.2) is 42.2 Å². The Labute approximate surface area is 204 Å². The van der Waals surface area contributed by atoms with Crippen molar-refractivity contribution in [2.75, 3.05) is 41.5 Å². The zero-order chi connectivity index (χ0) is 24.6. The summed E-state index contributed by atoms with van der Waals surface area (Å²) in [5, 5.41) is 5.74. The normalized spacial score (nSPS) is 15.6. The van der Waals surface area contributed by atoms with Gasteiger partial charge in [-0.3, -0.25) is 0 Å². The maximum atomic E-state index is 12.4. The molecule has 4 rings (SSSR count). The minimum atomic E-state index is -0.476. The van der Waals surface area contributed by atoms with Crippen LogP contribution >= 0.6 is 0 Å². The zero-order valence-corrected chi connectivity index (χ0v) is 19.5. The third kappa shape index (κ3) is 6.14. The van der Waals surface area contributed by atoms with E-state index in [1.165, 1.54) is 19.5 Å². The summed E-state index contributed by atoms with van der Waals surface area (Å²) in [5.74, 6) is 0.736. The van der Waals surface area contributed by atoms with Gasteiger partial charge in [-0.25, -0.2) is 19.6 Å². The van der Waals surface area contributed by atoms with E-state index in [0.717, 1.165) is 42.9 Å². The van der Waals surface area contributed by atoms with Crippen molar-refractivity contribution in [2.45, 2.75) is 18.8 Å². The lowest BCUT2D eigenvalue weighted by Crippen LogP contribution is -2.35. The molecule has 1 fully saturated rings. The predicted octanol–water partition coefficient (Wildman–Crippen LogP) is 4.27. The van der Waals surface area contributed by atoms with Crippen molar-refractivity contribution >= 4 is 41.1 Å². The van der Waals surface area contributed by atoms with E-state index in [-0.39, 0.29) is 11.9 Å². The first-order valence-corrected chi connectivity index (χ1v) is 11.4. The molecular formula is C26H28N6O3. The summed E-state index contributed by atoms with van der Waals surface area (Å²) in [7, 11) is 1.32. The fourth-order valence-electron chi connectivity index (χ4n) is 4.16. The quantitative estimate of drug-likeness (QED) is 0.362. The van der Waals surface area contributed by atoms with Crippen molar-refractivity contribution in [1.82, 2.24) is 9.97 Å². The summed E-state index contributed by atoms with van der Waals surface area (Å²) in [4.78, 5) is 34.7. The number of piperidine rings is 1. The Morgan fingerprint density at radius 3 is 2.66 bits per heavy atom. The third-order valence-electron chi connectivity index (χ3n) is 5.85. The molecule has 9 heteroatoms. The second-order valence-electron chi connectivity index (χ2n) is 8.21. The van der Waals surface area contributed by atoms with Crippen molar-refractivity contribution in [1.29, 1.82) is 0 Å². The van der Waals surface area contributed by atoms with Gasteiger partial charge in [-0.05, 0) is 48.7 Å². The second-order valence-corrected chi connectivity index (χ2v) is 8.21. The number of aromatic nitrogens is 2. The minimum absolute atomic E-state index is 0.233. The van der Waals surface area contributed by atoms with E-state index in [1.54, 1.807) is 6.08 Å². The lowest BCUT2D eigenvalue weighted by Gasteiger charge is -2.34. The standard InChI is InChI=1S/C26H28N6O3/c1-35-23(33)13-12-22-24(27)28-17-29-25(22)32-14-6-8-19(16-32)18-7-5-11-21(15-18)31-26(34)30-20-9-3-2-4-10-20/h2-5,7,9-13,15,17,19H,6,8,14,16H2,1H3,(H2,27,28,29)(H2,30,31,34)/b13-12+. The molecule has 1 aromatic heterocycles. The summed E-state index contributed by atoms with van der Waals surface area (Å²) in [6.07, 6.45) is 6.30. The van der Waals surface area contributed by atoms with Gasteiger partial charge in [0.2, 0.25) is 0 Å². The molecule has 2 aromatic carbocycles. The van der Waals surface area contributed by atoms with E-state index in [9.17, 15) is 9.59 Å². The van der Waals surface area contributed by atoms with Crippen molar-refractivity contribution in [2.24, 2.45) is 0 Å². The first kappa shape index (κ1) is 23.7. The van der Waals surface area contributed by atoms with Gasteiger partial charge in [-0.15, -0.1) is 0 Å². The first-order valence-electron chi connectivity index (χ1n) is 11.4. The van der Waals surface area contributed by atoms with Crippen LogP contribution in [0.4, 0.5) is 27.8 Å². The molecule has 35 heavy (non-hydrogen) atoms. The summed E-state index contributed by atoms with van der Waals surface area (Å²) in [6.45, 7) is 1.53. The van der Waals surface area contributed by atoms with Gasteiger partial charge in [0.25, 0.3) is 0 Å². The largest absolute Gasteiger partial charge is 0.466 e. The van der Waals surface area contributed by atoms with Gasteiger partial charge in [0, 0.05) is 36.5 Å². The Hall–Kier alpha value is -4.40. The molecule has 0 saturated carbocycles. The number of hydrogen-bond donors (Lipinski definition) is 3. The summed E-state index contributed by atoms with van der Waals surface area (Å²) in [6, 6.07) is 16.9. The van der Waals surface area contributed by atoms with E-state index in [0.29, 0.717) is 17.2 Å². The highest BCUT2D eigenvalue weighted by Crippen LogP contribution is 2.33. The molecule has 180 valence electrons. The van der Waals surface area contributed by atoms with Crippen LogP contribution in [0.15, 0.2) is 67.0 Å². The molecule has 1 aliphatic heterocycles. The van der Waals surface area contributed by atoms with E-state index < -0.39 is 5.97 Å². The summed E-state index contributed by atoms with van der Waals surface area (Å²) in [5.41, 5.74) is 9.26. The molecule has 2 heterocycles. The van der Waals surface area contributed by atoms with Crippen LogP contribution in [0.5, 0.6) is 0 Å². The Morgan fingerprint density at radius 1 is 1.09 bits per heavy atom. The molecular weight excluding hydrogens is 444 g/mol. The number of methoxy groups -OCH3 is 1. The lowest BCUT2D eigenvalue weighted by molar-refractivity contribution is -0.134. The van der Waals surface area contributed by atoms with Crippen LogP contribution in [0.25, 0.3) is 6.08 Å². The van der Waals surface area contributed by atoms with E-state index >= 15 is 0 Å². The van der Waals surface area contributed by atoms with Gasteiger partial charge >= 0.3 is 12.0 Å². The molecule has 2 amide bonds. The highest BCUT2D eigenvalue weighted by Gasteiger charge is 2.25. The summed E-state index contributed by atoms with van der Waals surface area (Å²) < 4.78 is 4.69. The lowest BCUT2D eigenvalue weighted by atomic mass is 9.90. The minimum Gasteiger partial charge on any atom is -0.466 e. The number of esters is 1. The number of nitrogens with zero attached hydrogens (tertiary/aromatic N) is 3. The monoisotopic (exact) mass is 472 g/mol. The number of carbonyl (C=O) groups is 2. The Balaban J connectivity index is 1.48. The number of urea groups is 1. The molecule has 0 radical (unpaired) electrons. The molecule has 0 aliphatic carbocycles. The average molecular weight is 473 g/mol. The summed E-state index contributed by atoms with van der Waals surface area (Å²) >= 11 is 0. The number of anilines is 4. The fourth-order valence-corrected chi connectivity index (χ4v) is 4.16. The number of ether oxygens (including phenoxy) is 1. The smallest absolute Gasteiger partial charge is 0.330 e. The highest BCUT2D eigenvalue weighted by molar-refractivity contribution is 5.99. The van der Waals surface area contributed by atoms with E-state index in [1.807, 2.05) is 48.5 Å². The first-order chi connectivity index (χ1) is 17.0. The van der Waals surface area contributed by atoms with Crippen LogP contribution in [0, 0.1) is 0 Å². The van der Waals surface area contributed by atoms with Crippen LogP contribution in [0.1, 0.15) is 29.9 Å². The maximum Gasteiger partial charge on any atom is 0.330 e. The number of rotatable bonds is 6. The van der Waals surface area contributed by atoms with Crippen molar-refractivity contribution in [3.8, 4) is 0 Å². The molecule has 0 spiro atoms. The van der Waals surface area contributed by atoms with Crippen LogP contribution < -0.4 is 21.3 Å². The third-order valence-corrected chi connectivity index (χ3v) is 5.85. The van der Waals surface area contributed by atoms with Crippen molar-refractivity contribution < 1.29 is 14.3 Å². The molecule has 0 bridgehead atoms. The van der Waals surface area contributed by atoms with Crippen molar-refractivity contribution in [3.05, 3.63) is 78.1 Å². The van der Waals surface area contributed by atoms with E-state index in [4.69, 9.17) is 5.73 Å². The SMILES string of the molecule is COC(=O)/C=C/c1c(N)ncnc1N1CCCC(c2cccc(NC(=O)Nc3ccccc3)c2)C1. The molecule has 1 aliphatic rings. The number of nitrogens with two attached hydrogens (primary N) is 1. The van der Waals surface area contributed by atoms with Crippen LogP contribution in [0.2, 0.25) is 0 Å². The molecule has 9 nitrogen and oxygen atoms in total. The Bertz CT molecular complexity index is 1210. The van der Waals surface area contributed by atoms with Gasteiger partial charge in [0.1, 0.15) is 18.0 Å². The topological polar surface area (TPSA) is 122 Å². The second kappa shape index (κ2) is 11.1. The van der Waals surface area contributed by atoms with Gasteiger partial charge in [-0.1, -0.05) is 30.3 Å². The number of benzene rings is 2. The zero-order valence-electron chi connectivity index (χ0n) is 19.5. The molecule has 1 saturated heterocycles. The predicted molar refractivity (Wildman–Crippen MR) is 137 cm³/mol. The van der Waals surface area contributed by atoms with Gasteiger partial charge in [-0.2, -0.15) is 0 Å². The number of para-hydroxylation sites is 1. The van der Waals surface area contributed by atoms with E-state index in [2.05, 4.69) is 36.3 Å². The Morgan fingerprint density at radius 2 is 1.86 bits per heavy atom. The van der Waals surface area contributed by atoms with Crippen molar-refractivity contribution in [3.63, 3.8) is 0 Å². The number of nitrogen functional groups attached to an aromatic ring is 1. The Kier molecular flexibility index (Phi) is 7.57. The number of amides is 2. The van der Waals surface area contributed by atoms with Gasteiger partial charge in [0.15, 0.2) is 0 Å². The molecule has 1 atom stereocenters. The molecule has 3 aromatic rings. The average Bonchev–Trinajstić information content (AvgIpc) is 2.88. The van der Waals surface area contributed by atoms with Gasteiger partial charge < -0.3 is 26.0 Å². The van der Waals surface area contributed by atoms with Crippen LogP contribution in [-0.2, 0) is 9.53 Å². The number of carbonyl (C=O) groups excluding carboxylic acids is 2. The molecule has 4 N–H and O–H groups in total. The van der Waals surface area contributed by atoms with Crippen LogP contribution in [0.3, 0.4) is 0 Å². The number of hydrogen-bond acceptors (Lipinski definition) is 7. The fraction of sp³-hybridized carbons (Fsp3) is 0.231. The number of nitrogens with one attached hydrogen (secondary N) is 2. The molecule has 1 unspecified atom stereocenters. The maximum absolute atomic E-state index is 12.4.